The molecule has 0 aromatic heterocycles. The SMILES string of the molecule is CCOC(=NS(=O)(=O)c1c(Cl)cccc1C(=O)OC)OC. The van der Waals surface area contributed by atoms with Gasteiger partial charge in [0.2, 0.25) is 0 Å². The fourth-order valence-electron chi connectivity index (χ4n) is 1.43. The molecular weight excluding hydrogens is 322 g/mol. The number of ether oxygens (including phenoxy) is 3. The van der Waals surface area contributed by atoms with Crippen molar-refractivity contribution in [1.29, 1.82) is 0 Å². The molecular formula is C12H14ClNO6S. The predicted molar refractivity (Wildman–Crippen MR) is 76.0 cm³/mol. The van der Waals surface area contributed by atoms with Gasteiger partial charge in [-0.1, -0.05) is 22.1 Å². The van der Waals surface area contributed by atoms with E-state index >= 15 is 0 Å². The van der Waals surface area contributed by atoms with Gasteiger partial charge in [0.25, 0.3) is 10.0 Å². The Labute approximate surface area is 127 Å². The summed E-state index contributed by atoms with van der Waals surface area (Å²) in [5, 5.41) is -0.159. The molecule has 0 fully saturated rings. The van der Waals surface area contributed by atoms with E-state index in [1.165, 1.54) is 25.3 Å². The van der Waals surface area contributed by atoms with Gasteiger partial charge in [0.05, 0.1) is 31.4 Å². The molecule has 0 amide bonds. The van der Waals surface area contributed by atoms with Gasteiger partial charge in [-0.25, -0.2) is 4.79 Å². The molecule has 0 saturated carbocycles. The zero-order valence-electron chi connectivity index (χ0n) is 11.6. The summed E-state index contributed by atoms with van der Waals surface area (Å²) in [6.45, 7) is 1.80. The maximum atomic E-state index is 12.3. The highest BCUT2D eigenvalue weighted by Crippen LogP contribution is 2.27. The summed E-state index contributed by atoms with van der Waals surface area (Å²) < 4.78 is 42.1. The summed E-state index contributed by atoms with van der Waals surface area (Å²) in [6.07, 6.45) is -0.451. The second kappa shape index (κ2) is 7.28. The third kappa shape index (κ3) is 4.08. The number of benzene rings is 1. The lowest BCUT2D eigenvalue weighted by atomic mass is 10.2. The fraction of sp³-hybridized carbons (Fsp3) is 0.333. The molecule has 7 nitrogen and oxygen atoms in total. The lowest BCUT2D eigenvalue weighted by Gasteiger charge is -2.09. The van der Waals surface area contributed by atoms with Crippen LogP contribution >= 0.6 is 11.6 Å². The number of carbonyl (C=O) groups is 1. The van der Waals surface area contributed by atoms with Crippen LogP contribution in [0.5, 0.6) is 0 Å². The van der Waals surface area contributed by atoms with E-state index in [1.54, 1.807) is 6.92 Å². The smallest absolute Gasteiger partial charge is 0.399 e. The van der Waals surface area contributed by atoms with E-state index in [0.717, 1.165) is 7.11 Å². The summed E-state index contributed by atoms with van der Waals surface area (Å²) in [4.78, 5) is 11.2. The number of rotatable bonds is 4. The van der Waals surface area contributed by atoms with Crippen molar-refractivity contribution in [2.24, 2.45) is 4.40 Å². The molecule has 0 aliphatic rings. The van der Waals surface area contributed by atoms with E-state index in [-0.39, 0.29) is 17.2 Å². The molecule has 1 aromatic carbocycles. The Morgan fingerprint density at radius 3 is 2.48 bits per heavy atom. The highest BCUT2D eigenvalue weighted by molar-refractivity contribution is 7.90. The third-order valence-electron chi connectivity index (χ3n) is 2.27. The summed E-state index contributed by atoms with van der Waals surface area (Å²) in [5.41, 5.74) is -0.222. The number of hydrogen-bond acceptors (Lipinski definition) is 6. The molecule has 0 aliphatic heterocycles. The highest BCUT2D eigenvalue weighted by atomic mass is 35.5. The molecule has 116 valence electrons. The van der Waals surface area contributed by atoms with E-state index in [0.29, 0.717) is 0 Å². The number of carbonyl (C=O) groups excluding carboxylic acids is 1. The number of nitrogens with zero attached hydrogens (tertiary/aromatic N) is 1. The van der Waals surface area contributed by atoms with Crippen LogP contribution in [-0.2, 0) is 24.2 Å². The molecule has 0 unspecified atom stereocenters. The van der Waals surface area contributed by atoms with Gasteiger partial charge < -0.3 is 14.2 Å². The molecule has 0 aliphatic carbocycles. The van der Waals surface area contributed by atoms with Gasteiger partial charge in [-0.05, 0) is 19.1 Å². The van der Waals surface area contributed by atoms with Crippen molar-refractivity contribution >= 4 is 33.7 Å². The Balaban J connectivity index is 3.48. The monoisotopic (exact) mass is 335 g/mol. The van der Waals surface area contributed by atoms with Crippen LogP contribution in [0.25, 0.3) is 0 Å². The summed E-state index contributed by atoms with van der Waals surface area (Å²) in [5.74, 6) is -0.846. The van der Waals surface area contributed by atoms with E-state index in [1.807, 2.05) is 0 Å². The molecule has 9 heteroatoms. The second-order valence-electron chi connectivity index (χ2n) is 3.58. The average molecular weight is 336 g/mol. The van der Waals surface area contributed by atoms with Crippen molar-refractivity contribution in [2.45, 2.75) is 11.8 Å². The lowest BCUT2D eigenvalue weighted by Crippen LogP contribution is -2.14. The van der Waals surface area contributed by atoms with Gasteiger partial charge in [0, 0.05) is 0 Å². The number of methoxy groups -OCH3 is 2. The van der Waals surface area contributed by atoms with Gasteiger partial charge >= 0.3 is 12.1 Å². The zero-order valence-corrected chi connectivity index (χ0v) is 13.2. The molecule has 21 heavy (non-hydrogen) atoms. The standard InChI is InChI=1S/C12H14ClNO6S/c1-4-20-12(19-3)14-21(16,17)10-8(11(15)18-2)6-5-7-9(10)13/h5-7H,4H2,1-3H3. The summed E-state index contributed by atoms with van der Waals surface area (Å²) >= 11 is 5.88. The quantitative estimate of drug-likeness (QED) is 0.474. The highest BCUT2D eigenvalue weighted by Gasteiger charge is 2.27. The van der Waals surface area contributed by atoms with Crippen LogP contribution in [0.1, 0.15) is 17.3 Å². The fourth-order valence-corrected chi connectivity index (χ4v) is 3.06. The van der Waals surface area contributed by atoms with Crippen LogP contribution in [-0.4, -0.2) is 41.3 Å². The number of halogens is 1. The van der Waals surface area contributed by atoms with Crippen molar-refractivity contribution in [1.82, 2.24) is 0 Å². The van der Waals surface area contributed by atoms with Crippen LogP contribution in [0.15, 0.2) is 27.5 Å². The van der Waals surface area contributed by atoms with E-state index < -0.39 is 27.0 Å². The van der Waals surface area contributed by atoms with Gasteiger partial charge in [-0.2, -0.15) is 8.42 Å². The maximum Gasteiger partial charge on any atom is 0.399 e. The largest absolute Gasteiger partial charge is 0.465 e. The molecule has 0 atom stereocenters. The summed E-state index contributed by atoms with van der Waals surface area (Å²) in [7, 11) is -1.97. The van der Waals surface area contributed by atoms with Crippen molar-refractivity contribution in [2.75, 3.05) is 20.8 Å². The Kier molecular flexibility index (Phi) is 5.98. The molecule has 0 N–H and O–H groups in total. The van der Waals surface area contributed by atoms with Crippen LogP contribution in [0, 0.1) is 0 Å². The van der Waals surface area contributed by atoms with Gasteiger partial charge in [-0.15, -0.1) is 0 Å². The average Bonchev–Trinajstić information content (AvgIpc) is 2.45. The Hall–Kier alpha value is -1.80. The Morgan fingerprint density at radius 2 is 1.95 bits per heavy atom. The van der Waals surface area contributed by atoms with Crippen LogP contribution in [0.4, 0.5) is 0 Å². The Morgan fingerprint density at radius 1 is 1.29 bits per heavy atom. The minimum atomic E-state index is -4.31. The zero-order chi connectivity index (χ0) is 16.0. The molecule has 0 spiro atoms. The van der Waals surface area contributed by atoms with Crippen LogP contribution in [0.2, 0.25) is 5.02 Å². The Bertz CT molecular complexity index is 656. The van der Waals surface area contributed by atoms with Gasteiger partial charge in [0.15, 0.2) is 0 Å². The third-order valence-corrected chi connectivity index (χ3v) is 4.04. The van der Waals surface area contributed by atoms with Crippen LogP contribution < -0.4 is 0 Å². The minimum Gasteiger partial charge on any atom is -0.465 e. The first-order chi connectivity index (χ1) is 9.87. The topological polar surface area (TPSA) is 91.3 Å². The molecule has 0 heterocycles. The van der Waals surface area contributed by atoms with Crippen molar-refractivity contribution in [3.8, 4) is 0 Å². The first-order valence-electron chi connectivity index (χ1n) is 5.76. The molecule has 0 radical (unpaired) electrons. The molecule has 1 rings (SSSR count). The van der Waals surface area contributed by atoms with Crippen molar-refractivity contribution < 1.29 is 27.4 Å². The maximum absolute atomic E-state index is 12.3. The first-order valence-corrected chi connectivity index (χ1v) is 7.57. The second-order valence-corrected chi connectivity index (χ2v) is 5.53. The lowest BCUT2D eigenvalue weighted by molar-refractivity contribution is 0.0596. The van der Waals surface area contributed by atoms with E-state index in [9.17, 15) is 13.2 Å². The van der Waals surface area contributed by atoms with Gasteiger partial charge in [0.1, 0.15) is 4.90 Å². The number of esters is 1. The van der Waals surface area contributed by atoms with Gasteiger partial charge in [-0.3, -0.25) is 0 Å². The molecule has 1 aromatic rings. The normalized spacial score (nSPS) is 11.9. The van der Waals surface area contributed by atoms with Crippen LogP contribution in [0.3, 0.4) is 0 Å². The first kappa shape index (κ1) is 17.3. The predicted octanol–water partition coefficient (Wildman–Crippen LogP) is 1.85. The van der Waals surface area contributed by atoms with Crippen molar-refractivity contribution in [3.05, 3.63) is 28.8 Å². The number of hydrogen-bond donors (Lipinski definition) is 0. The minimum absolute atomic E-state index is 0.159. The molecule has 0 bridgehead atoms. The van der Waals surface area contributed by atoms with E-state index in [2.05, 4.69) is 9.13 Å². The summed E-state index contributed by atoms with van der Waals surface area (Å²) in [6, 6.07) is 4.02. The molecule has 0 saturated heterocycles. The van der Waals surface area contributed by atoms with Crippen molar-refractivity contribution in [3.63, 3.8) is 0 Å². The van der Waals surface area contributed by atoms with E-state index in [4.69, 9.17) is 21.1 Å². The number of sulfonamides is 1.